The highest BCUT2D eigenvalue weighted by molar-refractivity contribution is 5.97. The molecule has 0 saturated carbocycles. The largest absolute Gasteiger partial charge is 0.435 e. The van der Waals surface area contributed by atoms with Crippen LogP contribution in [0.4, 0.5) is 18.9 Å². The smallest absolute Gasteiger partial charge is 0.398 e. The van der Waals surface area contributed by atoms with E-state index in [1.54, 1.807) is 30.6 Å². The molecule has 7 heteroatoms. The maximum Gasteiger partial charge on any atom is 0.435 e. The Labute approximate surface area is 111 Å². The number of fused-ring (bicyclic) bond motifs is 1. The van der Waals surface area contributed by atoms with Gasteiger partial charge in [-0.05, 0) is 24.3 Å². The normalized spacial score (nSPS) is 11.9. The van der Waals surface area contributed by atoms with Crippen molar-refractivity contribution in [3.63, 3.8) is 0 Å². The highest BCUT2D eigenvalue weighted by Gasteiger charge is 2.33. The molecule has 3 aromatic rings. The zero-order valence-corrected chi connectivity index (χ0v) is 10.1. The summed E-state index contributed by atoms with van der Waals surface area (Å²) in [5, 5.41) is 4.93. The number of nitrogen functional groups attached to an aromatic ring is 1. The predicted molar refractivity (Wildman–Crippen MR) is 68.3 cm³/mol. The summed E-state index contributed by atoms with van der Waals surface area (Å²) in [6.45, 7) is 0. The molecule has 102 valence electrons. The van der Waals surface area contributed by atoms with Gasteiger partial charge < -0.3 is 5.73 Å². The van der Waals surface area contributed by atoms with Crippen LogP contribution in [-0.2, 0) is 6.18 Å². The lowest BCUT2D eigenvalue weighted by atomic mass is 10.1. The van der Waals surface area contributed by atoms with E-state index < -0.39 is 11.9 Å². The van der Waals surface area contributed by atoms with Gasteiger partial charge in [0.05, 0.1) is 5.69 Å². The van der Waals surface area contributed by atoms with Crippen LogP contribution in [0.3, 0.4) is 0 Å². The third-order valence-corrected chi connectivity index (χ3v) is 2.96. The summed E-state index contributed by atoms with van der Waals surface area (Å²) < 4.78 is 39.0. The second-order valence-electron chi connectivity index (χ2n) is 4.24. The standard InChI is InChI=1S/C13H9F3N4/c14-13(15,16)12-4-6-20(19-12)11-2-1-10(17)9-7-18-5-3-8(9)11/h1-7H,17H2. The lowest BCUT2D eigenvalue weighted by Gasteiger charge is -2.08. The molecule has 3 rings (SSSR count). The molecule has 0 radical (unpaired) electrons. The van der Waals surface area contributed by atoms with Gasteiger partial charge in [0.2, 0.25) is 0 Å². The number of hydrogen-bond donors (Lipinski definition) is 1. The molecule has 0 atom stereocenters. The van der Waals surface area contributed by atoms with Crippen molar-refractivity contribution < 1.29 is 13.2 Å². The number of aromatic nitrogens is 3. The molecule has 4 nitrogen and oxygen atoms in total. The average Bonchev–Trinajstić information content (AvgIpc) is 2.89. The fourth-order valence-corrected chi connectivity index (χ4v) is 2.01. The monoisotopic (exact) mass is 278 g/mol. The fraction of sp³-hybridized carbons (Fsp3) is 0.0769. The first-order chi connectivity index (χ1) is 9.47. The molecule has 0 aliphatic heterocycles. The number of nitrogens with two attached hydrogens (primary N) is 1. The Hall–Kier alpha value is -2.57. The Morgan fingerprint density at radius 3 is 2.55 bits per heavy atom. The second kappa shape index (κ2) is 4.22. The van der Waals surface area contributed by atoms with Crippen molar-refractivity contribution in [3.05, 3.63) is 48.5 Å². The van der Waals surface area contributed by atoms with Gasteiger partial charge >= 0.3 is 6.18 Å². The molecule has 0 amide bonds. The number of anilines is 1. The molecular weight excluding hydrogens is 269 g/mol. The molecular formula is C13H9F3N4. The van der Waals surface area contributed by atoms with Gasteiger partial charge in [-0.25, -0.2) is 4.68 Å². The molecule has 0 unspecified atom stereocenters. The lowest BCUT2D eigenvalue weighted by Crippen LogP contribution is -2.07. The van der Waals surface area contributed by atoms with Crippen LogP contribution >= 0.6 is 0 Å². The molecule has 2 heterocycles. The summed E-state index contributed by atoms with van der Waals surface area (Å²) in [5.41, 5.74) is 5.93. The Morgan fingerprint density at radius 1 is 1.05 bits per heavy atom. The van der Waals surface area contributed by atoms with Crippen LogP contribution < -0.4 is 5.73 Å². The number of halogens is 3. The molecule has 0 aliphatic rings. The summed E-state index contributed by atoms with van der Waals surface area (Å²) in [5.74, 6) is 0. The molecule has 1 aromatic carbocycles. The van der Waals surface area contributed by atoms with E-state index in [0.29, 0.717) is 22.1 Å². The lowest BCUT2D eigenvalue weighted by molar-refractivity contribution is -0.141. The topological polar surface area (TPSA) is 56.7 Å². The van der Waals surface area contributed by atoms with E-state index >= 15 is 0 Å². The second-order valence-corrected chi connectivity index (χ2v) is 4.24. The van der Waals surface area contributed by atoms with Gasteiger partial charge in [-0.3, -0.25) is 4.98 Å². The van der Waals surface area contributed by atoms with Gasteiger partial charge in [-0.1, -0.05) is 0 Å². The van der Waals surface area contributed by atoms with Gasteiger partial charge in [-0.2, -0.15) is 18.3 Å². The van der Waals surface area contributed by atoms with Crippen LogP contribution in [0.2, 0.25) is 0 Å². The molecule has 0 saturated heterocycles. The number of benzene rings is 1. The average molecular weight is 278 g/mol. The minimum atomic E-state index is -4.46. The molecule has 2 N–H and O–H groups in total. The quantitative estimate of drug-likeness (QED) is 0.696. The summed E-state index contributed by atoms with van der Waals surface area (Å²) in [4.78, 5) is 3.96. The van der Waals surface area contributed by atoms with Gasteiger partial charge in [0, 0.05) is 35.1 Å². The number of hydrogen-bond acceptors (Lipinski definition) is 3. The fourth-order valence-electron chi connectivity index (χ4n) is 2.01. The third-order valence-electron chi connectivity index (χ3n) is 2.96. The number of nitrogens with zero attached hydrogens (tertiary/aromatic N) is 3. The Morgan fingerprint density at radius 2 is 1.85 bits per heavy atom. The molecule has 0 spiro atoms. The maximum atomic E-state index is 12.6. The Bertz CT molecular complexity index is 777. The van der Waals surface area contributed by atoms with Crippen molar-refractivity contribution in [3.8, 4) is 5.69 Å². The van der Waals surface area contributed by atoms with Crippen LogP contribution in [-0.4, -0.2) is 14.8 Å². The van der Waals surface area contributed by atoms with Crippen LogP contribution in [0.15, 0.2) is 42.9 Å². The van der Waals surface area contributed by atoms with Crippen LogP contribution in [0.5, 0.6) is 0 Å². The zero-order chi connectivity index (χ0) is 14.3. The van der Waals surface area contributed by atoms with Crippen molar-refractivity contribution in [2.75, 3.05) is 5.73 Å². The highest BCUT2D eigenvalue weighted by atomic mass is 19.4. The van der Waals surface area contributed by atoms with Crippen molar-refractivity contribution >= 4 is 16.5 Å². The van der Waals surface area contributed by atoms with Gasteiger partial charge in [0.15, 0.2) is 5.69 Å². The van der Waals surface area contributed by atoms with E-state index in [1.807, 2.05) is 0 Å². The SMILES string of the molecule is Nc1ccc(-n2ccc(C(F)(F)F)n2)c2ccncc12. The van der Waals surface area contributed by atoms with Crippen LogP contribution in [0.25, 0.3) is 16.5 Å². The number of alkyl halides is 3. The molecule has 0 fully saturated rings. The van der Waals surface area contributed by atoms with Gasteiger partial charge in [0.1, 0.15) is 0 Å². The minimum absolute atomic E-state index is 0.514. The minimum Gasteiger partial charge on any atom is -0.398 e. The first kappa shape index (κ1) is 12.5. The molecule has 2 aromatic heterocycles. The molecule has 0 bridgehead atoms. The first-order valence-corrected chi connectivity index (χ1v) is 5.72. The highest BCUT2D eigenvalue weighted by Crippen LogP contribution is 2.30. The van der Waals surface area contributed by atoms with Crippen molar-refractivity contribution in [1.29, 1.82) is 0 Å². The van der Waals surface area contributed by atoms with E-state index in [4.69, 9.17) is 5.73 Å². The third kappa shape index (κ3) is 1.97. The van der Waals surface area contributed by atoms with Gasteiger partial charge in [0.25, 0.3) is 0 Å². The van der Waals surface area contributed by atoms with Crippen molar-refractivity contribution in [2.45, 2.75) is 6.18 Å². The Kier molecular flexibility index (Phi) is 2.63. The van der Waals surface area contributed by atoms with Crippen molar-refractivity contribution in [2.24, 2.45) is 0 Å². The van der Waals surface area contributed by atoms with E-state index in [9.17, 15) is 13.2 Å². The van der Waals surface area contributed by atoms with Crippen LogP contribution in [0.1, 0.15) is 5.69 Å². The Balaban J connectivity index is 2.20. The summed E-state index contributed by atoms with van der Waals surface area (Å²) in [6, 6.07) is 5.87. The van der Waals surface area contributed by atoms with E-state index in [-0.39, 0.29) is 0 Å². The molecule has 0 aliphatic carbocycles. The predicted octanol–water partition coefficient (Wildman–Crippen LogP) is 3.02. The zero-order valence-electron chi connectivity index (χ0n) is 10.1. The maximum absolute atomic E-state index is 12.6. The van der Waals surface area contributed by atoms with E-state index in [0.717, 1.165) is 6.07 Å². The summed E-state index contributed by atoms with van der Waals surface area (Å²) in [7, 11) is 0. The van der Waals surface area contributed by atoms with E-state index in [1.165, 1.54) is 10.9 Å². The van der Waals surface area contributed by atoms with Gasteiger partial charge in [-0.15, -0.1) is 0 Å². The number of rotatable bonds is 1. The van der Waals surface area contributed by atoms with Crippen molar-refractivity contribution in [1.82, 2.24) is 14.8 Å². The summed E-state index contributed by atoms with van der Waals surface area (Å²) in [6.07, 6.45) is -0.0631. The van der Waals surface area contributed by atoms with Crippen LogP contribution in [0, 0.1) is 0 Å². The first-order valence-electron chi connectivity index (χ1n) is 5.72. The molecule has 20 heavy (non-hydrogen) atoms. The van der Waals surface area contributed by atoms with E-state index in [2.05, 4.69) is 10.1 Å². The number of pyridine rings is 1. The summed E-state index contributed by atoms with van der Waals surface area (Å²) >= 11 is 0.